The van der Waals surface area contributed by atoms with Crippen LogP contribution in [0.2, 0.25) is 0 Å². The molecule has 1 amide bonds. The average molecular weight is 337 g/mol. The van der Waals surface area contributed by atoms with E-state index < -0.39 is 11.7 Å². The van der Waals surface area contributed by atoms with Crippen molar-refractivity contribution >= 4 is 5.91 Å². The second-order valence-electron chi connectivity index (χ2n) is 5.54. The van der Waals surface area contributed by atoms with Crippen molar-refractivity contribution < 1.29 is 22.7 Å². The molecule has 0 spiro atoms. The molecule has 0 saturated carbocycles. The first-order valence-electron chi connectivity index (χ1n) is 7.28. The first-order chi connectivity index (χ1) is 11.2. The number of hydrogen-bond acceptors (Lipinski definition) is 2. The molecule has 0 aliphatic carbocycles. The Morgan fingerprint density at radius 3 is 2.29 bits per heavy atom. The largest absolute Gasteiger partial charge is 0.496 e. The van der Waals surface area contributed by atoms with Gasteiger partial charge in [0.05, 0.1) is 12.7 Å². The predicted molar refractivity (Wildman–Crippen MR) is 85.0 cm³/mol. The standard InChI is InChI=1S/C18H18F3NO2/c1-12-4-7-14(10-16(12)24-3)17(23)22(2)11-13-5-8-15(9-6-13)18(19,20)21/h4-10H,11H2,1-3H3. The highest BCUT2D eigenvalue weighted by atomic mass is 19.4. The van der Waals surface area contributed by atoms with Crippen LogP contribution in [-0.2, 0) is 12.7 Å². The number of methoxy groups -OCH3 is 1. The van der Waals surface area contributed by atoms with Gasteiger partial charge in [-0.2, -0.15) is 13.2 Å². The van der Waals surface area contributed by atoms with Crippen LogP contribution in [0.25, 0.3) is 0 Å². The molecule has 0 radical (unpaired) electrons. The summed E-state index contributed by atoms with van der Waals surface area (Å²) in [5, 5.41) is 0. The summed E-state index contributed by atoms with van der Waals surface area (Å²) in [4.78, 5) is 13.9. The zero-order valence-corrected chi connectivity index (χ0v) is 13.6. The van der Waals surface area contributed by atoms with Gasteiger partial charge in [0.2, 0.25) is 0 Å². The molecule has 3 nitrogen and oxygen atoms in total. The number of rotatable bonds is 4. The predicted octanol–water partition coefficient (Wildman–Crippen LogP) is 4.29. The van der Waals surface area contributed by atoms with Gasteiger partial charge in [-0.1, -0.05) is 18.2 Å². The number of benzene rings is 2. The van der Waals surface area contributed by atoms with Gasteiger partial charge >= 0.3 is 6.18 Å². The maximum atomic E-state index is 12.6. The minimum atomic E-state index is -4.36. The van der Waals surface area contributed by atoms with Gasteiger partial charge in [0.1, 0.15) is 5.75 Å². The van der Waals surface area contributed by atoms with Crippen LogP contribution < -0.4 is 4.74 Å². The fourth-order valence-corrected chi connectivity index (χ4v) is 2.32. The molecule has 0 aliphatic heterocycles. The summed E-state index contributed by atoms with van der Waals surface area (Å²) in [6.45, 7) is 2.09. The summed E-state index contributed by atoms with van der Waals surface area (Å²) in [5.41, 5.74) is 1.30. The quantitative estimate of drug-likeness (QED) is 0.833. The molecule has 2 aromatic rings. The lowest BCUT2D eigenvalue weighted by Crippen LogP contribution is -2.26. The summed E-state index contributed by atoms with van der Waals surface area (Å²) in [6.07, 6.45) is -4.36. The van der Waals surface area contributed by atoms with Crippen molar-refractivity contribution in [2.24, 2.45) is 0 Å². The zero-order chi connectivity index (χ0) is 17.9. The SMILES string of the molecule is COc1cc(C(=O)N(C)Cc2ccc(C(F)(F)F)cc2)ccc1C. The Balaban J connectivity index is 2.11. The molecule has 0 aliphatic rings. The molecule has 24 heavy (non-hydrogen) atoms. The van der Waals surface area contributed by atoms with Crippen molar-refractivity contribution in [2.45, 2.75) is 19.6 Å². The Labute approximate surface area is 138 Å². The molecule has 2 rings (SSSR count). The van der Waals surface area contributed by atoms with Gasteiger partial charge in [0.15, 0.2) is 0 Å². The number of halogens is 3. The van der Waals surface area contributed by atoms with Gasteiger partial charge in [0, 0.05) is 19.2 Å². The van der Waals surface area contributed by atoms with Crippen LogP contribution in [0.4, 0.5) is 13.2 Å². The molecule has 0 heterocycles. The first kappa shape index (κ1) is 17.8. The van der Waals surface area contributed by atoms with Crippen LogP contribution in [0.1, 0.15) is 27.0 Å². The van der Waals surface area contributed by atoms with Gasteiger partial charge in [-0.3, -0.25) is 4.79 Å². The van der Waals surface area contributed by atoms with Gasteiger partial charge in [-0.05, 0) is 42.3 Å². The summed E-state index contributed by atoms with van der Waals surface area (Å²) >= 11 is 0. The summed E-state index contributed by atoms with van der Waals surface area (Å²) in [7, 11) is 3.13. The average Bonchev–Trinajstić information content (AvgIpc) is 2.54. The Hall–Kier alpha value is -2.50. The molecule has 6 heteroatoms. The van der Waals surface area contributed by atoms with E-state index in [2.05, 4.69) is 0 Å². The normalized spacial score (nSPS) is 11.2. The van der Waals surface area contributed by atoms with E-state index in [4.69, 9.17) is 4.74 Å². The Kier molecular flexibility index (Phi) is 5.17. The molecule has 0 fully saturated rings. The van der Waals surface area contributed by atoms with Crippen molar-refractivity contribution in [1.29, 1.82) is 0 Å². The Bertz CT molecular complexity index is 724. The monoisotopic (exact) mass is 337 g/mol. The fourth-order valence-electron chi connectivity index (χ4n) is 2.32. The molecular weight excluding hydrogens is 319 g/mol. The van der Waals surface area contributed by atoms with Gasteiger partial charge < -0.3 is 9.64 Å². The lowest BCUT2D eigenvalue weighted by Gasteiger charge is -2.18. The molecule has 0 bridgehead atoms. The highest BCUT2D eigenvalue weighted by Gasteiger charge is 2.30. The van der Waals surface area contributed by atoms with Gasteiger partial charge in [-0.25, -0.2) is 0 Å². The van der Waals surface area contributed by atoms with E-state index in [1.165, 1.54) is 24.1 Å². The van der Waals surface area contributed by atoms with E-state index in [9.17, 15) is 18.0 Å². The summed E-state index contributed by atoms with van der Waals surface area (Å²) in [5.74, 6) is 0.386. The fraction of sp³-hybridized carbons (Fsp3) is 0.278. The molecule has 0 saturated heterocycles. The van der Waals surface area contributed by atoms with Crippen molar-refractivity contribution in [3.63, 3.8) is 0 Å². The molecule has 0 atom stereocenters. The van der Waals surface area contributed by atoms with E-state index in [0.717, 1.165) is 17.7 Å². The number of alkyl halides is 3. The van der Waals surface area contributed by atoms with Crippen LogP contribution in [0, 0.1) is 6.92 Å². The minimum Gasteiger partial charge on any atom is -0.496 e. The lowest BCUT2D eigenvalue weighted by atomic mass is 10.1. The van der Waals surface area contributed by atoms with Crippen molar-refractivity contribution in [1.82, 2.24) is 4.90 Å². The zero-order valence-electron chi connectivity index (χ0n) is 13.6. The summed E-state index contributed by atoms with van der Waals surface area (Å²) in [6, 6.07) is 9.93. The maximum Gasteiger partial charge on any atom is 0.416 e. The third-order valence-corrected chi connectivity index (χ3v) is 3.70. The van der Waals surface area contributed by atoms with E-state index in [1.54, 1.807) is 25.2 Å². The number of hydrogen-bond donors (Lipinski definition) is 0. The highest BCUT2D eigenvalue weighted by molar-refractivity contribution is 5.94. The first-order valence-corrected chi connectivity index (χ1v) is 7.28. The molecule has 0 unspecified atom stereocenters. The van der Waals surface area contributed by atoms with E-state index >= 15 is 0 Å². The van der Waals surface area contributed by atoms with E-state index in [1.807, 2.05) is 6.92 Å². The third kappa shape index (κ3) is 4.07. The number of aryl methyl sites for hydroxylation is 1. The summed E-state index contributed by atoms with van der Waals surface area (Å²) < 4.78 is 42.9. The van der Waals surface area contributed by atoms with Gasteiger partial charge in [0.25, 0.3) is 5.91 Å². The van der Waals surface area contributed by atoms with Crippen molar-refractivity contribution in [3.05, 3.63) is 64.7 Å². The Morgan fingerprint density at radius 2 is 1.75 bits per heavy atom. The third-order valence-electron chi connectivity index (χ3n) is 3.70. The van der Waals surface area contributed by atoms with Crippen LogP contribution >= 0.6 is 0 Å². The Morgan fingerprint density at radius 1 is 1.12 bits per heavy atom. The highest BCUT2D eigenvalue weighted by Crippen LogP contribution is 2.29. The van der Waals surface area contributed by atoms with E-state index in [0.29, 0.717) is 16.9 Å². The molecule has 128 valence electrons. The molecular formula is C18H18F3NO2. The van der Waals surface area contributed by atoms with Crippen molar-refractivity contribution in [2.75, 3.05) is 14.2 Å². The number of carbonyl (C=O) groups is 1. The van der Waals surface area contributed by atoms with Crippen LogP contribution in [0.5, 0.6) is 5.75 Å². The minimum absolute atomic E-state index is 0.215. The second-order valence-corrected chi connectivity index (χ2v) is 5.54. The van der Waals surface area contributed by atoms with Gasteiger partial charge in [-0.15, -0.1) is 0 Å². The van der Waals surface area contributed by atoms with Crippen LogP contribution in [0.3, 0.4) is 0 Å². The van der Waals surface area contributed by atoms with Crippen LogP contribution in [-0.4, -0.2) is 25.0 Å². The number of amides is 1. The van der Waals surface area contributed by atoms with E-state index in [-0.39, 0.29) is 12.5 Å². The second kappa shape index (κ2) is 6.95. The molecule has 0 N–H and O–H groups in total. The number of nitrogens with zero attached hydrogens (tertiary/aromatic N) is 1. The topological polar surface area (TPSA) is 29.5 Å². The molecule has 2 aromatic carbocycles. The van der Waals surface area contributed by atoms with Crippen molar-refractivity contribution in [3.8, 4) is 5.75 Å². The smallest absolute Gasteiger partial charge is 0.416 e. The number of ether oxygens (including phenoxy) is 1. The lowest BCUT2D eigenvalue weighted by molar-refractivity contribution is -0.137. The maximum absolute atomic E-state index is 12.6. The number of carbonyl (C=O) groups excluding carboxylic acids is 1. The van der Waals surface area contributed by atoms with Crippen LogP contribution in [0.15, 0.2) is 42.5 Å². The molecule has 0 aromatic heterocycles.